The molecular weight excluding hydrogens is 350 g/mol. The molecule has 3 rings (SSSR count). The Morgan fingerprint density at radius 3 is 2.44 bits per heavy atom. The largest absolute Gasteiger partial charge is 0.484 e. The zero-order valence-corrected chi connectivity index (χ0v) is 16.0. The van der Waals surface area contributed by atoms with Gasteiger partial charge in [-0.05, 0) is 48.1 Å². The molecule has 1 N–H and O–H groups in total. The lowest BCUT2D eigenvalue weighted by molar-refractivity contribution is -0.123. The summed E-state index contributed by atoms with van der Waals surface area (Å²) in [5, 5.41) is 2.88. The average Bonchev–Trinajstić information content (AvgIpc) is 2.67. The highest BCUT2D eigenvalue weighted by atomic mass is 32.2. The number of hydrogen-bond acceptors (Lipinski definition) is 4. The Morgan fingerprint density at radius 1 is 1.08 bits per heavy atom. The summed E-state index contributed by atoms with van der Waals surface area (Å²) in [5.41, 5.74) is 3.63. The topological polar surface area (TPSA) is 38.3 Å². The Morgan fingerprint density at radius 2 is 1.76 bits per heavy atom. The van der Waals surface area contributed by atoms with Crippen molar-refractivity contribution >= 4 is 29.4 Å². The van der Waals surface area contributed by atoms with Crippen molar-refractivity contribution in [3.63, 3.8) is 0 Å². The molecule has 1 aliphatic heterocycles. The molecule has 0 saturated carbocycles. The van der Waals surface area contributed by atoms with Gasteiger partial charge in [-0.25, -0.2) is 0 Å². The number of rotatable bonds is 6. The summed E-state index contributed by atoms with van der Waals surface area (Å²) < 4.78 is 6.12. The van der Waals surface area contributed by atoms with E-state index in [4.69, 9.17) is 4.74 Å². The SMILES string of the molecule is Cc1ccc(CNC(=O)COc2ccc(C3SCCCS3)cc2)cc1. The van der Waals surface area contributed by atoms with Crippen LogP contribution >= 0.6 is 23.5 Å². The van der Waals surface area contributed by atoms with Gasteiger partial charge in [0.25, 0.3) is 5.91 Å². The number of nitrogens with one attached hydrogen (secondary N) is 1. The van der Waals surface area contributed by atoms with Crippen molar-refractivity contribution in [1.29, 1.82) is 0 Å². The van der Waals surface area contributed by atoms with Gasteiger partial charge >= 0.3 is 0 Å². The van der Waals surface area contributed by atoms with Crippen LogP contribution < -0.4 is 10.1 Å². The van der Waals surface area contributed by atoms with Crippen LogP contribution in [0, 0.1) is 6.92 Å². The van der Waals surface area contributed by atoms with Gasteiger partial charge in [0, 0.05) is 6.54 Å². The minimum absolute atomic E-state index is 0.0398. The third-order valence-electron chi connectivity index (χ3n) is 3.96. The van der Waals surface area contributed by atoms with Gasteiger partial charge in [-0.1, -0.05) is 42.0 Å². The van der Waals surface area contributed by atoms with Crippen molar-refractivity contribution in [2.45, 2.75) is 24.5 Å². The summed E-state index contributed by atoms with van der Waals surface area (Å²) in [6.07, 6.45) is 1.30. The molecule has 1 heterocycles. The summed E-state index contributed by atoms with van der Waals surface area (Å²) in [7, 11) is 0. The molecule has 1 fully saturated rings. The van der Waals surface area contributed by atoms with E-state index in [9.17, 15) is 4.79 Å². The number of hydrogen-bond donors (Lipinski definition) is 1. The molecule has 0 radical (unpaired) electrons. The number of benzene rings is 2. The summed E-state index contributed by atoms with van der Waals surface area (Å²) in [6, 6.07) is 16.3. The number of carbonyl (C=O) groups excluding carboxylic acids is 1. The number of carbonyl (C=O) groups is 1. The normalized spacial score (nSPS) is 14.9. The van der Waals surface area contributed by atoms with Gasteiger partial charge < -0.3 is 10.1 Å². The number of thioether (sulfide) groups is 2. The first kappa shape index (κ1) is 18.2. The van der Waals surface area contributed by atoms with E-state index in [1.54, 1.807) is 0 Å². The fourth-order valence-electron chi connectivity index (χ4n) is 2.51. The lowest BCUT2D eigenvalue weighted by Crippen LogP contribution is -2.28. The van der Waals surface area contributed by atoms with Crippen LogP contribution in [0.3, 0.4) is 0 Å². The molecule has 0 aliphatic carbocycles. The van der Waals surface area contributed by atoms with E-state index in [1.165, 1.54) is 29.1 Å². The Bertz CT molecular complexity index is 680. The van der Waals surface area contributed by atoms with Crippen LogP contribution in [0.5, 0.6) is 5.75 Å². The maximum Gasteiger partial charge on any atom is 0.258 e. The van der Waals surface area contributed by atoms with Gasteiger partial charge in [-0.3, -0.25) is 4.79 Å². The Labute approximate surface area is 157 Å². The van der Waals surface area contributed by atoms with Crippen LogP contribution in [-0.2, 0) is 11.3 Å². The predicted molar refractivity (Wildman–Crippen MR) is 107 cm³/mol. The number of aryl methyl sites for hydroxylation is 1. The van der Waals surface area contributed by atoms with E-state index in [2.05, 4.69) is 17.4 Å². The molecule has 25 heavy (non-hydrogen) atoms. The van der Waals surface area contributed by atoms with E-state index in [0.29, 0.717) is 11.1 Å². The average molecular weight is 374 g/mol. The highest BCUT2D eigenvalue weighted by molar-refractivity contribution is 8.16. The van der Waals surface area contributed by atoms with Crippen molar-refractivity contribution in [2.24, 2.45) is 0 Å². The maximum absolute atomic E-state index is 11.9. The van der Waals surface area contributed by atoms with E-state index in [-0.39, 0.29) is 12.5 Å². The summed E-state index contributed by atoms with van der Waals surface area (Å²) in [4.78, 5) is 11.9. The molecule has 0 spiro atoms. The summed E-state index contributed by atoms with van der Waals surface area (Å²) in [6.45, 7) is 2.61. The van der Waals surface area contributed by atoms with Crippen molar-refractivity contribution in [1.82, 2.24) is 5.32 Å². The molecule has 2 aromatic carbocycles. The minimum Gasteiger partial charge on any atom is -0.484 e. The van der Waals surface area contributed by atoms with E-state index < -0.39 is 0 Å². The van der Waals surface area contributed by atoms with Crippen LogP contribution in [0.4, 0.5) is 0 Å². The lowest BCUT2D eigenvalue weighted by Gasteiger charge is -2.21. The first-order valence-corrected chi connectivity index (χ1v) is 10.6. The quantitative estimate of drug-likeness (QED) is 0.806. The van der Waals surface area contributed by atoms with Crippen molar-refractivity contribution in [2.75, 3.05) is 18.1 Å². The van der Waals surface area contributed by atoms with Crippen LogP contribution in [0.1, 0.15) is 27.7 Å². The maximum atomic E-state index is 11.9. The van der Waals surface area contributed by atoms with Gasteiger partial charge in [0.15, 0.2) is 6.61 Å². The van der Waals surface area contributed by atoms with Gasteiger partial charge in [-0.2, -0.15) is 0 Å². The molecule has 5 heteroatoms. The molecule has 0 bridgehead atoms. The second kappa shape index (κ2) is 9.20. The summed E-state index contributed by atoms with van der Waals surface area (Å²) >= 11 is 4.01. The zero-order chi connectivity index (χ0) is 17.5. The van der Waals surface area contributed by atoms with Gasteiger partial charge in [0.1, 0.15) is 5.75 Å². The van der Waals surface area contributed by atoms with Crippen LogP contribution in [0.25, 0.3) is 0 Å². The Balaban J connectivity index is 1.43. The van der Waals surface area contributed by atoms with E-state index in [0.717, 1.165) is 11.3 Å². The van der Waals surface area contributed by atoms with Crippen LogP contribution in [0.15, 0.2) is 48.5 Å². The molecule has 0 unspecified atom stereocenters. The molecule has 132 valence electrons. The van der Waals surface area contributed by atoms with Gasteiger partial charge in [-0.15, -0.1) is 23.5 Å². The molecule has 2 aromatic rings. The molecule has 0 aromatic heterocycles. The predicted octanol–water partition coefficient (Wildman–Crippen LogP) is 4.56. The fourth-order valence-corrected chi connectivity index (χ4v) is 5.40. The third kappa shape index (κ3) is 5.72. The van der Waals surface area contributed by atoms with Crippen LogP contribution in [0.2, 0.25) is 0 Å². The molecule has 3 nitrogen and oxygen atoms in total. The monoisotopic (exact) mass is 373 g/mol. The van der Waals surface area contributed by atoms with Crippen LogP contribution in [-0.4, -0.2) is 24.0 Å². The van der Waals surface area contributed by atoms with Crippen molar-refractivity contribution < 1.29 is 9.53 Å². The second-order valence-electron chi connectivity index (χ2n) is 6.05. The lowest BCUT2D eigenvalue weighted by atomic mass is 10.1. The fraction of sp³-hybridized carbons (Fsp3) is 0.350. The van der Waals surface area contributed by atoms with E-state index >= 15 is 0 Å². The molecule has 1 amide bonds. The highest BCUT2D eigenvalue weighted by Crippen LogP contribution is 2.43. The number of ether oxygens (including phenoxy) is 1. The molecule has 1 aliphatic rings. The highest BCUT2D eigenvalue weighted by Gasteiger charge is 2.16. The van der Waals surface area contributed by atoms with Gasteiger partial charge in [0.2, 0.25) is 0 Å². The first-order valence-electron chi connectivity index (χ1n) is 8.49. The van der Waals surface area contributed by atoms with Crippen molar-refractivity contribution in [3.8, 4) is 5.75 Å². The molecular formula is C20H23NO2S2. The standard InChI is InChI=1S/C20H23NO2S2/c1-15-3-5-16(6-4-15)13-21-19(22)14-23-18-9-7-17(8-10-18)20-24-11-2-12-25-20/h3-10,20H,2,11-14H2,1H3,(H,21,22). The molecule has 0 atom stereocenters. The summed E-state index contributed by atoms with van der Waals surface area (Å²) in [5.74, 6) is 3.09. The van der Waals surface area contributed by atoms with E-state index in [1.807, 2.05) is 66.8 Å². The first-order chi connectivity index (χ1) is 12.2. The Hall–Kier alpha value is -1.59. The second-order valence-corrected chi connectivity index (χ2v) is 8.77. The number of amides is 1. The van der Waals surface area contributed by atoms with Crippen molar-refractivity contribution in [3.05, 3.63) is 65.2 Å². The van der Waals surface area contributed by atoms with Gasteiger partial charge in [0.05, 0.1) is 4.58 Å². The zero-order valence-electron chi connectivity index (χ0n) is 14.4. The Kier molecular flexibility index (Phi) is 6.70. The smallest absolute Gasteiger partial charge is 0.258 e. The molecule has 1 saturated heterocycles. The third-order valence-corrected chi connectivity index (χ3v) is 6.97. The minimum atomic E-state index is -0.108.